The van der Waals surface area contributed by atoms with E-state index in [1.165, 1.54) is 26.1 Å². The molecule has 0 radical (unpaired) electrons. The van der Waals surface area contributed by atoms with Crippen LogP contribution in [0.2, 0.25) is 0 Å². The Morgan fingerprint density at radius 2 is 2.00 bits per heavy atom. The second-order valence-corrected chi connectivity index (χ2v) is 7.00. The lowest BCUT2D eigenvalue weighted by atomic mass is 9.93. The Kier molecular flexibility index (Phi) is 3.22. The number of likely N-dealkylation sites (N-methyl/N-ethyl adjacent to an activating group) is 1. The molecule has 108 valence electrons. The first-order valence-corrected chi connectivity index (χ1v) is 8.29. The van der Waals surface area contributed by atoms with Crippen LogP contribution in [-0.2, 0) is 13.0 Å². The number of benzene rings is 2. The van der Waals surface area contributed by atoms with Gasteiger partial charge in [0.05, 0.1) is 11.6 Å². The normalized spacial score (nSPS) is 14.7. The fraction of sp³-hybridized carbons (Fsp3) is 0.211. The molecular weight excluding hydrogens is 288 g/mol. The summed E-state index contributed by atoms with van der Waals surface area (Å²) in [5.41, 5.74) is 4.58. The van der Waals surface area contributed by atoms with Crippen LogP contribution in [0.1, 0.15) is 16.7 Å². The standard InChI is InChI=1S/C19H16N2S/c1-21-7-6-13-9-17(15(11-20)8-16(13)12-21)19-10-14-4-2-3-5-18(14)22-19/h2-5,8-10H,6-7,12H2,1H3. The zero-order chi connectivity index (χ0) is 15.1. The van der Waals surface area contributed by atoms with Crippen molar-refractivity contribution >= 4 is 21.4 Å². The predicted octanol–water partition coefficient (Wildman–Crippen LogP) is 4.43. The summed E-state index contributed by atoms with van der Waals surface area (Å²) in [6, 6.07) is 17.3. The van der Waals surface area contributed by atoms with Gasteiger partial charge in [-0.05, 0) is 54.2 Å². The van der Waals surface area contributed by atoms with Gasteiger partial charge in [0.25, 0.3) is 0 Å². The third-order valence-electron chi connectivity index (χ3n) is 4.35. The molecule has 0 N–H and O–H groups in total. The molecular formula is C19H16N2S. The summed E-state index contributed by atoms with van der Waals surface area (Å²) in [4.78, 5) is 3.50. The highest BCUT2D eigenvalue weighted by atomic mass is 32.1. The number of rotatable bonds is 1. The Labute approximate surface area is 134 Å². The third kappa shape index (κ3) is 2.21. The Morgan fingerprint density at radius 1 is 1.14 bits per heavy atom. The predicted molar refractivity (Wildman–Crippen MR) is 92.0 cm³/mol. The molecule has 0 saturated carbocycles. The van der Waals surface area contributed by atoms with E-state index in [2.05, 4.69) is 60.5 Å². The second-order valence-electron chi connectivity index (χ2n) is 5.91. The fourth-order valence-corrected chi connectivity index (χ4v) is 4.25. The summed E-state index contributed by atoms with van der Waals surface area (Å²) in [5, 5.41) is 10.8. The maximum absolute atomic E-state index is 9.56. The number of hydrogen-bond acceptors (Lipinski definition) is 3. The Balaban J connectivity index is 1.89. The minimum absolute atomic E-state index is 0.792. The summed E-state index contributed by atoms with van der Waals surface area (Å²) in [6.45, 7) is 2.03. The maximum atomic E-state index is 9.56. The Hall–Kier alpha value is -2.15. The van der Waals surface area contributed by atoms with Gasteiger partial charge in [-0.25, -0.2) is 0 Å². The molecule has 0 aliphatic carbocycles. The topological polar surface area (TPSA) is 27.0 Å². The molecule has 4 rings (SSSR count). The van der Waals surface area contributed by atoms with Crippen LogP contribution in [0, 0.1) is 11.3 Å². The highest BCUT2D eigenvalue weighted by molar-refractivity contribution is 7.22. The van der Waals surface area contributed by atoms with Gasteiger partial charge >= 0.3 is 0 Å². The molecule has 0 amide bonds. The SMILES string of the molecule is CN1CCc2cc(-c3cc4ccccc4s3)c(C#N)cc2C1. The first-order valence-electron chi connectivity index (χ1n) is 7.48. The van der Waals surface area contributed by atoms with Crippen LogP contribution >= 0.6 is 11.3 Å². The average Bonchev–Trinajstić information content (AvgIpc) is 2.97. The molecule has 0 saturated heterocycles. The van der Waals surface area contributed by atoms with Gasteiger partial charge in [0.1, 0.15) is 0 Å². The van der Waals surface area contributed by atoms with Gasteiger partial charge in [-0.15, -0.1) is 11.3 Å². The van der Waals surface area contributed by atoms with E-state index in [4.69, 9.17) is 0 Å². The lowest BCUT2D eigenvalue weighted by molar-refractivity contribution is 0.313. The lowest BCUT2D eigenvalue weighted by Gasteiger charge is -2.25. The molecule has 0 unspecified atom stereocenters. The maximum Gasteiger partial charge on any atom is 0.0998 e. The van der Waals surface area contributed by atoms with Gasteiger partial charge in [-0.2, -0.15) is 5.26 Å². The van der Waals surface area contributed by atoms with Gasteiger partial charge in [0.2, 0.25) is 0 Å². The fourth-order valence-electron chi connectivity index (χ4n) is 3.16. The van der Waals surface area contributed by atoms with E-state index >= 15 is 0 Å². The molecule has 1 aliphatic rings. The van der Waals surface area contributed by atoms with E-state index in [9.17, 15) is 5.26 Å². The van der Waals surface area contributed by atoms with E-state index in [0.29, 0.717) is 0 Å². The monoisotopic (exact) mass is 304 g/mol. The lowest BCUT2D eigenvalue weighted by Crippen LogP contribution is -2.26. The van der Waals surface area contributed by atoms with Gasteiger partial charge in [-0.1, -0.05) is 18.2 Å². The number of thiophene rings is 1. The summed E-state index contributed by atoms with van der Waals surface area (Å²) in [5.74, 6) is 0. The highest BCUT2D eigenvalue weighted by Gasteiger charge is 2.18. The van der Waals surface area contributed by atoms with E-state index in [-0.39, 0.29) is 0 Å². The minimum Gasteiger partial charge on any atom is -0.302 e. The van der Waals surface area contributed by atoms with Crippen molar-refractivity contribution in [3.8, 4) is 16.5 Å². The quantitative estimate of drug-likeness (QED) is 0.665. The molecule has 0 atom stereocenters. The summed E-state index contributed by atoms with van der Waals surface area (Å²) in [6.07, 6.45) is 1.06. The zero-order valence-electron chi connectivity index (χ0n) is 12.5. The van der Waals surface area contributed by atoms with Crippen LogP contribution in [0.3, 0.4) is 0 Å². The number of nitriles is 1. The zero-order valence-corrected chi connectivity index (χ0v) is 13.3. The molecule has 2 aromatic carbocycles. The Morgan fingerprint density at radius 3 is 2.82 bits per heavy atom. The molecule has 2 heterocycles. The first-order chi connectivity index (χ1) is 10.7. The van der Waals surface area contributed by atoms with Crippen molar-refractivity contribution in [2.24, 2.45) is 0 Å². The third-order valence-corrected chi connectivity index (χ3v) is 5.50. The number of hydrogen-bond donors (Lipinski definition) is 0. The van der Waals surface area contributed by atoms with E-state index in [1.54, 1.807) is 11.3 Å². The minimum atomic E-state index is 0.792. The summed E-state index contributed by atoms with van der Waals surface area (Å²) >= 11 is 1.77. The van der Waals surface area contributed by atoms with Crippen molar-refractivity contribution in [1.82, 2.24) is 4.90 Å². The van der Waals surface area contributed by atoms with Crippen molar-refractivity contribution in [3.63, 3.8) is 0 Å². The van der Waals surface area contributed by atoms with Crippen LogP contribution in [0.4, 0.5) is 0 Å². The smallest absolute Gasteiger partial charge is 0.0998 e. The molecule has 2 nitrogen and oxygen atoms in total. The molecule has 0 fully saturated rings. The van der Waals surface area contributed by atoms with Gasteiger partial charge in [0.15, 0.2) is 0 Å². The first kappa shape index (κ1) is 13.5. The van der Waals surface area contributed by atoms with Gasteiger partial charge in [0, 0.05) is 28.2 Å². The van der Waals surface area contributed by atoms with E-state index < -0.39 is 0 Å². The summed E-state index contributed by atoms with van der Waals surface area (Å²) in [7, 11) is 2.13. The molecule has 1 aromatic heterocycles. The van der Waals surface area contributed by atoms with Gasteiger partial charge < -0.3 is 4.90 Å². The van der Waals surface area contributed by atoms with Crippen molar-refractivity contribution in [3.05, 3.63) is 59.2 Å². The van der Waals surface area contributed by atoms with Crippen LogP contribution in [0.5, 0.6) is 0 Å². The van der Waals surface area contributed by atoms with Crippen LogP contribution in [0.15, 0.2) is 42.5 Å². The molecule has 22 heavy (non-hydrogen) atoms. The van der Waals surface area contributed by atoms with Crippen molar-refractivity contribution in [1.29, 1.82) is 5.26 Å². The molecule has 0 bridgehead atoms. The molecule has 3 aromatic rings. The average molecular weight is 304 g/mol. The van der Waals surface area contributed by atoms with Crippen LogP contribution in [0.25, 0.3) is 20.5 Å². The van der Waals surface area contributed by atoms with Crippen LogP contribution < -0.4 is 0 Å². The molecule has 0 spiro atoms. The Bertz CT molecular complexity index is 868. The number of fused-ring (bicyclic) bond motifs is 2. The highest BCUT2D eigenvalue weighted by Crippen LogP contribution is 2.37. The number of nitrogens with zero attached hydrogens (tertiary/aromatic N) is 2. The van der Waals surface area contributed by atoms with Gasteiger partial charge in [-0.3, -0.25) is 0 Å². The van der Waals surface area contributed by atoms with E-state index in [1.807, 2.05) is 0 Å². The van der Waals surface area contributed by atoms with Crippen molar-refractivity contribution < 1.29 is 0 Å². The van der Waals surface area contributed by atoms with Crippen molar-refractivity contribution in [2.45, 2.75) is 13.0 Å². The van der Waals surface area contributed by atoms with Crippen LogP contribution in [-0.4, -0.2) is 18.5 Å². The van der Waals surface area contributed by atoms with Crippen molar-refractivity contribution in [2.75, 3.05) is 13.6 Å². The summed E-state index contributed by atoms with van der Waals surface area (Å²) < 4.78 is 1.28. The molecule has 3 heteroatoms. The second kappa shape index (κ2) is 5.24. The largest absolute Gasteiger partial charge is 0.302 e. The molecule has 1 aliphatic heterocycles. The van der Waals surface area contributed by atoms with E-state index in [0.717, 1.165) is 30.6 Å².